The van der Waals surface area contributed by atoms with E-state index in [1.165, 1.54) is 18.8 Å². The van der Waals surface area contributed by atoms with E-state index in [1.807, 2.05) is 0 Å². The van der Waals surface area contributed by atoms with Gasteiger partial charge in [0.2, 0.25) is 5.90 Å². The standard InChI is InChI=1S/C19H18BrN3O4/c1-9-5-13-16(19(24)23(9)2)15(11(8-21)18(22)27-13)10-6-12(20)17(26-4)14(7-10)25-3/h5-7,11,15,22H,1-4H3. The molecule has 0 saturated heterocycles. The fourth-order valence-electron chi connectivity index (χ4n) is 3.29. The molecule has 7 nitrogen and oxygen atoms in total. The van der Waals surface area contributed by atoms with Crippen molar-refractivity contribution in [3.63, 3.8) is 0 Å². The SMILES string of the molecule is COc1cc(C2c3c(cc(C)n(C)c3=O)OC(=N)C2C#N)cc(Br)c1OC. The van der Waals surface area contributed by atoms with Gasteiger partial charge in [-0.15, -0.1) is 0 Å². The van der Waals surface area contributed by atoms with Crippen LogP contribution in [0.15, 0.2) is 27.5 Å². The molecular formula is C19H18BrN3O4. The summed E-state index contributed by atoms with van der Waals surface area (Å²) < 4.78 is 18.4. The minimum absolute atomic E-state index is 0.187. The zero-order chi connectivity index (χ0) is 19.9. The quantitative estimate of drug-likeness (QED) is 0.804. The number of aryl methyl sites for hydroxylation is 1. The van der Waals surface area contributed by atoms with Crippen molar-refractivity contribution < 1.29 is 14.2 Å². The van der Waals surface area contributed by atoms with Crippen molar-refractivity contribution in [3.8, 4) is 23.3 Å². The lowest BCUT2D eigenvalue weighted by molar-refractivity contribution is 0.352. The zero-order valence-electron chi connectivity index (χ0n) is 15.3. The highest BCUT2D eigenvalue weighted by Gasteiger charge is 2.40. The van der Waals surface area contributed by atoms with Crippen molar-refractivity contribution >= 4 is 21.8 Å². The summed E-state index contributed by atoms with van der Waals surface area (Å²) >= 11 is 3.45. The Kier molecular flexibility index (Phi) is 4.98. The maximum atomic E-state index is 13.0. The van der Waals surface area contributed by atoms with E-state index in [2.05, 4.69) is 22.0 Å². The molecule has 2 heterocycles. The minimum atomic E-state index is -0.932. The molecule has 2 atom stereocenters. The Morgan fingerprint density at radius 3 is 2.59 bits per heavy atom. The maximum absolute atomic E-state index is 13.0. The molecule has 2 unspecified atom stereocenters. The molecule has 2 aromatic rings. The van der Waals surface area contributed by atoms with Crippen LogP contribution in [0.5, 0.6) is 17.2 Å². The number of nitrogens with one attached hydrogen (secondary N) is 1. The van der Waals surface area contributed by atoms with Gasteiger partial charge in [-0.3, -0.25) is 10.2 Å². The first-order valence-electron chi connectivity index (χ1n) is 8.11. The highest BCUT2D eigenvalue weighted by atomic mass is 79.9. The van der Waals surface area contributed by atoms with Gasteiger partial charge in [0.15, 0.2) is 11.5 Å². The van der Waals surface area contributed by atoms with Crippen LogP contribution in [0.25, 0.3) is 0 Å². The average molecular weight is 432 g/mol. The Labute approximate surface area is 164 Å². The Morgan fingerprint density at radius 1 is 1.30 bits per heavy atom. The summed E-state index contributed by atoms with van der Waals surface area (Å²) in [6, 6.07) is 7.31. The molecule has 8 heteroatoms. The van der Waals surface area contributed by atoms with Gasteiger partial charge in [-0.1, -0.05) is 0 Å². The van der Waals surface area contributed by atoms with E-state index in [4.69, 9.17) is 19.6 Å². The van der Waals surface area contributed by atoms with Crippen molar-refractivity contribution in [2.45, 2.75) is 12.8 Å². The second kappa shape index (κ2) is 7.08. The summed E-state index contributed by atoms with van der Waals surface area (Å²) in [7, 11) is 4.71. The lowest BCUT2D eigenvalue weighted by atomic mass is 9.79. The molecule has 1 aromatic carbocycles. The van der Waals surface area contributed by atoms with E-state index in [0.717, 1.165) is 0 Å². The number of hydrogen-bond acceptors (Lipinski definition) is 6. The summed E-state index contributed by atoms with van der Waals surface area (Å²) in [5.74, 6) is -0.507. The molecule has 0 bridgehead atoms. The van der Waals surface area contributed by atoms with Crippen LogP contribution >= 0.6 is 15.9 Å². The first-order chi connectivity index (χ1) is 12.8. The summed E-state index contributed by atoms with van der Waals surface area (Å²) in [6.45, 7) is 1.78. The predicted molar refractivity (Wildman–Crippen MR) is 103 cm³/mol. The Morgan fingerprint density at radius 2 is 2.00 bits per heavy atom. The second-order valence-electron chi connectivity index (χ2n) is 6.22. The van der Waals surface area contributed by atoms with Gasteiger partial charge in [0, 0.05) is 24.7 Å². The molecular weight excluding hydrogens is 414 g/mol. The fourth-order valence-corrected chi connectivity index (χ4v) is 3.91. The summed E-state index contributed by atoms with van der Waals surface area (Å²) in [6.07, 6.45) is 0. The zero-order valence-corrected chi connectivity index (χ0v) is 16.9. The van der Waals surface area contributed by atoms with Gasteiger partial charge in [0.05, 0.1) is 30.3 Å². The molecule has 0 fully saturated rings. The van der Waals surface area contributed by atoms with E-state index < -0.39 is 11.8 Å². The van der Waals surface area contributed by atoms with Gasteiger partial charge in [-0.25, -0.2) is 0 Å². The Balaban J connectivity index is 2.34. The van der Waals surface area contributed by atoms with Crippen LogP contribution in [0.1, 0.15) is 22.7 Å². The van der Waals surface area contributed by atoms with E-state index in [0.29, 0.717) is 38.5 Å². The summed E-state index contributed by atoms with van der Waals surface area (Å²) in [4.78, 5) is 13.0. The summed E-state index contributed by atoms with van der Waals surface area (Å²) in [5.41, 5.74) is 1.45. The molecule has 1 aliphatic heterocycles. The number of halogens is 1. The molecule has 0 aliphatic carbocycles. The van der Waals surface area contributed by atoms with Gasteiger partial charge in [0.25, 0.3) is 5.56 Å². The highest BCUT2D eigenvalue weighted by molar-refractivity contribution is 9.10. The first kappa shape index (κ1) is 19.0. The van der Waals surface area contributed by atoms with Crippen LogP contribution < -0.4 is 19.8 Å². The van der Waals surface area contributed by atoms with Crippen LogP contribution in [0.4, 0.5) is 0 Å². The highest BCUT2D eigenvalue weighted by Crippen LogP contribution is 2.45. The van der Waals surface area contributed by atoms with E-state index >= 15 is 0 Å². The third-order valence-electron chi connectivity index (χ3n) is 4.77. The van der Waals surface area contributed by atoms with Crippen LogP contribution in [-0.2, 0) is 7.05 Å². The number of ether oxygens (including phenoxy) is 3. The number of pyridine rings is 1. The molecule has 1 N–H and O–H groups in total. The molecule has 0 saturated carbocycles. The number of methoxy groups -OCH3 is 2. The van der Waals surface area contributed by atoms with Crippen molar-refractivity contribution in [1.82, 2.24) is 4.57 Å². The van der Waals surface area contributed by atoms with Crippen LogP contribution in [-0.4, -0.2) is 24.7 Å². The number of nitrogens with zero attached hydrogens (tertiary/aromatic N) is 2. The number of benzene rings is 1. The molecule has 0 amide bonds. The molecule has 140 valence electrons. The van der Waals surface area contributed by atoms with Gasteiger partial charge in [0.1, 0.15) is 11.7 Å². The third kappa shape index (κ3) is 2.98. The number of fused-ring (bicyclic) bond motifs is 1. The Bertz CT molecular complexity index is 1040. The first-order valence-corrected chi connectivity index (χ1v) is 8.91. The monoisotopic (exact) mass is 431 g/mol. The van der Waals surface area contributed by atoms with Crippen LogP contribution in [0, 0.1) is 29.6 Å². The molecule has 1 aliphatic rings. The van der Waals surface area contributed by atoms with Crippen molar-refractivity contribution in [3.05, 3.63) is 49.8 Å². The number of hydrogen-bond donors (Lipinski definition) is 1. The normalized spacial score (nSPS) is 18.3. The molecule has 3 rings (SSSR count). The topological polar surface area (TPSA) is 97.3 Å². The smallest absolute Gasteiger partial charge is 0.258 e. The largest absolute Gasteiger partial charge is 0.493 e. The molecule has 0 radical (unpaired) electrons. The average Bonchev–Trinajstić information content (AvgIpc) is 2.64. The Hall–Kier alpha value is -2.79. The minimum Gasteiger partial charge on any atom is -0.493 e. The number of rotatable bonds is 3. The molecule has 27 heavy (non-hydrogen) atoms. The van der Waals surface area contributed by atoms with Gasteiger partial charge < -0.3 is 18.8 Å². The fraction of sp³-hybridized carbons (Fsp3) is 0.316. The van der Waals surface area contributed by atoms with E-state index in [9.17, 15) is 10.1 Å². The van der Waals surface area contributed by atoms with Gasteiger partial charge >= 0.3 is 0 Å². The van der Waals surface area contributed by atoms with E-state index in [1.54, 1.807) is 32.2 Å². The van der Waals surface area contributed by atoms with Crippen LogP contribution in [0.3, 0.4) is 0 Å². The number of nitriles is 1. The lowest BCUT2D eigenvalue weighted by Crippen LogP contribution is -2.37. The van der Waals surface area contributed by atoms with Crippen molar-refractivity contribution in [1.29, 1.82) is 10.7 Å². The van der Waals surface area contributed by atoms with E-state index in [-0.39, 0.29) is 11.5 Å². The van der Waals surface area contributed by atoms with Gasteiger partial charge in [-0.2, -0.15) is 5.26 Å². The predicted octanol–water partition coefficient (Wildman–Crippen LogP) is 3.11. The van der Waals surface area contributed by atoms with Crippen molar-refractivity contribution in [2.24, 2.45) is 13.0 Å². The maximum Gasteiger partial charge on any atom is 0.258 e. The lowest BCUT2D eigenvalue weighted by Gasteiger charge is -2.30. The number of aromatic nitrogens is 1. The van der Waals surface area contributed by atoms with Crippen LogP contribution in [0.2, 0.25) is 0 Å². The summed E-state index contributed by atoms with van der Waals surface area (Å²) in [5, 5.41) is 17.8. The van der Waals surface area contributed by atoms with Crippen molar-refractivity contribution in [2.75, 3.05) is 14.2 Å². The second-order valence-corrected chi connectivity index (χ2v) is 7.07. The third-order valence-corrected chi connectivity index (χ3v) is 5.36. The molecule has 0 spiro atoms. The van der Waals surface area contributed by atoms with Gasteiger partial charge in [-0.05, 0) is 40.5 Å². The molecule has 1 aromatic heterocycles.